The molecule has 0 fully saturated rings. The first-order chi connectivity index (χ1) is 13.2. The number of carboxylic acids is 1. The number of carboxylic acid groups (broad SMARTS) is 1. The molecule has 2 aromatic carbocycles. The van der Waals surface area contributed by atoms with Gasteiger partial charge < -0.3 is 15.2 Å². The number of halogens is 2. The molecule has 0 heterocycles. The number of amides is 1. The van der Waals surface area contributed by atoms with Crippen molar-refractivity contribution in [1.82, 2.24) is 5.32 Å². The average molecular weight is 624 g/mol. The lowest BCUT2D eigenvalue weighted by molar-refractivity contribution is 0.0697. The topological polar surface area (TPSA) is 87.7 Å². The van der Waals surface area contributed by atoms with E-state index >= 15 is 0 Å². The van der Waals surface area contributed by atoms with Gasteiger partial charge in [0, 0.05) is 12.7 Å². The first-order valence-corrected chi connectivity index (χ1v) is 10.9. The zero-order valence-corrected chi connectivity index (χ0v) is 20.2. The molecule has 0 aliphatic carbocycles. The van der Waals surface area contributed by atoms with Gasteiger partial charge >= 0.3 is 5.97 Å². The first kappa shape index (κ1) is 22.8. The molecule has 2 aromatic rings. The van der Waals surface area contributed by atoms with Crippen LogP contribution in [0.4, 0.5) is 5.69 Å². The van der Waals surface area contributed by atoms with Crippen LogP contribution in [-0.4, -0.2) is 28.2 Å². The highest BCUT2D eigenvalue weighted by Crippen LogP contribution is 2.26. The fourth-order valence-electron chi connectivity index (χ4n) is 2.19. The Labute approximate surface area is 195 Å². The summed E-state index contributed by atoms with van der Waals surface area (Å²) in [6.45, 7) is 4.01. The number of thiocarbonyl (C=S) groups is 1. The number of hydrogen-bond acceptors (Lipinski definition) is 4. The number of nitrogens with one attached hydrogen (secondary N) is 2. The van der Waals surface area contributed by atoms with Gasteiger partial charge in [0.2, 0.25) is 0 Å². The summed E-state index contributed by atoms with van der Waals surface area (Å²) >= 11 is 9.25. The zero-order valence-electron chi connectivity index (χ0n) is 15.1. The minimum Gasteiger partial charge on any atom is -0.491 e. The molecule has 0 aromatic heterocycles. The molecule has 0 spiro atoms. The van der Waals surface area contributed by atoms with Gasteiger partial charge in [-0.2, -0.15) is 0 Å². The SMILES string of the molecule is CC[C@H](C)Oc1ccc(C(=O)NC(=S)Nc2c(I)cc(I)cc2C(=O)O)cc1. The molecule has 2 rings (SSSR count). The van der Waals surface area contributed by atoms with E-state index in [9.17, 15) is 14.7 Å². The van der Waals surface area contributed by atoms with Crippen LogP contribution in [0.5, 0.6) is 5.75 Å². The molecule has 0 radical (unpaired) electrons. The molecular weight excluding hydrogens is 606 g/mol. The second kappa shape index (κ2) is 10.3. The van der Waals surface area contributed by atoms with Gasteiger partial charge in [-0.1, -0.05) is 6.92 Å². The molecule has 6 nitrogen and oxygen atoms in total. The number of benzene rings is 2. The Morgan fingerprint density at radius 3 is 2.43 bits per heavy atom. The van der Waals surface area contributed by atoms with Gasteiger partial charge in [0.15, 0.2) is 5.11 Å². The van der Waals surface area contributed by atoms with E-state index in [0.29, 0.717) is 20.6 Å². The molecule has 0 aliphatic rings. The van der Waals surface area contributed by atoms with Crippen molar-refractivity contribution in [3.8, 4) is 5.75 Å². The lowest BCUT2D eigenvalue weighted by Gasteiger charge is -2.15. The third-order valence-electron chi connectivity index (χ3n) is 3.78. The summed E-state index contributed by atoms with van der Waals surface area (Å²) in [7, 11) is 0. The molecule has 0 saturated carbocycles. The van der Waals surface area contributed by atoms with Crippen molar-refractivity contribution in [2.45, 2.75) is 26.4 Å². The first-order valence-electron chi connectivity index (χ1n) is 8.32. The smallest absolute Gasteiger partial charge is 0.337 e. The Kier molecular flexibility index (Phi) is 8.43. The molecule has 1 atom stereocenters. The quantitative estimate of drug-likeness (QED) is 0.314. The highest BCUT2D eigenvalue weighted by molar-refractivity contribution is 14.1. The van der Waals surface area contributed by atoms with Crippen molar-refractivity contribution in [2.75, 3.05) is 5.32 Å². The number of hydrogen-bond donors (Lipinski definition) is 3. The third kappa shape index (κ3) is 6.27. The van der Waals surface area contributed by atoms with Crippen LogP contribution in [0.25, 0.3) is 0 Å². The van der Waals surface area contributed by atoms with Crippen molar-refractivity contribution in [1.29, 1.82) is 0 Å². The number of anilines is 1. The molecule has 1 amide bonds. The Balaban J connectivity index is 2.07. The van der Waals surface area contributed by atoms with Crippen molar-refractivity contribution < 1.29 is 19.4 Å². The predicted molar refractivity (Wildman–Crippen MR) is 129 cm³/mol. The molecule has 3 N–H and O–H groups in total. The molecule has 28 heavy (non-hydrogen) atoms. The average Bonchev–Trinajstić information content (AvgIpc) is 2.63. The van der Waals surface area contributed by atoms with Crippen LogP contribution in [0.1, 0.15) is 41.0 Å². The van der Waals surface area contributed by atoms with E-state index in [2.05, 4.69) is 10.6 Å². The van der Waals surface area contributed by atoms with Crippen LogP contribution in [0.15, 0.2) is 36.4 Å². The van der Waals surface area contributed by atoms with Gasteiger partial charge in [-0.15, -0.1) is 0 Å². The van der Waals surface area contributed by atoms with Gasteiger partial charge in [0.25, 0.3) is 5.91 Å². The van der Waals surface area contributed by atoms with Crippen LogP contribution < -0.4 is 15.4 Å². The van der Waals surface area contributed by atoms with E-state index in [4.69, 9.17) is 17.0 Å². The maximum Gasteiger partial charge on any atom is 0.337 e. The second-order valence-corrected chi connectivity index (χ2v) is 8.70. The van der Waals surface area contributed by atoms with Crippen molar-refractivity contribution in [3.63, 3.8) is 0 Å². The number of carbonyl (C=O) groups is 2. The molecular formula is C19H18I2N2O4S. The van der Waals surface area contributed by atoms with E-state index in [1.807, 2.05) is 65.1 Å². The maximum absolute atomic E-state index is 12.4. The second-order valence-electron chi connectivity index (χ2n) is 5.88. The van der Waals surface area contributed by atoms with Crippen LogP contribution in [0, 0.1) is 7.14 Å². The zero-order chi connectivity index (χ0) is 20.8. The summed E-state index contributed by atoms with van der Waals surface area (Å²) in [5.41, 5.74) is 0.840. The van der Waals surface area contributed by atoms with Gasteiger partial charge in [0.05, 0.1) is 17.4 Å². The predicted octanol–water partition coefficient (Wildman–Crippen LogP) is 4.90. The van der Waals surface area contributed by atoms with Gasteiger partial charge in [-0.25, -0.2) is 4.79 Å². The van der Waals surface area contributed by atoms with E-state index in [-0.39, 0.29) is 16.8 Å². The Hall–Kier alpha value is -1.47. The number of carbonyl (C=O) groups excluding carboxylic acids is 1. The van der Waals surface area contributed by atoms with E-state index in [1.165, 1.54) is 6.07 Å². The van der Waals surface area contributed by atoms with Crippen molar-refractivity contribution >= 4 is 80.1 Å². The third-order valence-corrected chi connectivity index (χ3v) is 5.46. The van der Waals surface area contributed by atoms with Crippen LogP contribution in [0.3, 0.4) is 0 Å². The molecule has 0 aliphatic heterocycles. The lowest BCUT2D eigenvalue weighted by Crippen LogP contribution is -2.34. The number of aromatic carboxylic acids is 1. The summed E-state index contributed by atoms with van der Waals surface area (Å²) in [5.74, 6) is -0.791. The van der Waals surface area contributed by atoms with Gasteiger partial charge in [-0.05, 0) is 107 Å². The van der Waals surface area contributed by atoms with E-state index < -0.39 is 11.9 Å². The van der Waals surface area contributed by atoms with Gasteiger partial charge in [0.1, 0.15) is 5.75 Å². The Morgan fingerprint density at radius 1 is 1.21 bits per heavy atom. The molecule has 0 saturated heterocycles. The summed E-state index contributed by atoms with van der Waals surface area (Å²) in [4.78, 5) is 23.9. The molecule has 0 unspecified atom stereocenters. The maximum atomic E-state index is 12.4. The Morgan fingerprint density at radius 2 is 1.86 bits per heavy atom. The van der Waals surface area contributed by atoms with Crippen LogP contribution >= 0.6 is 57.4 Å². The van der Waals surface area contributed by atoms with E-state index in [1.54, 1.807) is 24.3 Å². The Bertz CT molecular complexity index is 904. The summed E-state index contributed by atoms with van der Waals surface area (Å²) in [6, 6.07) is 10.1. The van der Waals surface area contributed by atoms with Crippen LogP contribution in [-0.2, 0) is 0 Å². The molecule has 9 heteroatoms. The van der Waals surface area contributed by atoms with Crippen LogP contribution in [0.2, 0.25) is 0 Å². The number of ether oxygens (including phenoxy) is 1. The highest BCUT2D eigenvalue weighted by atomic mass is 127. The standard InChI is InChI=1S/C19H18I2N2O4S/c1-3-10(2)27-13-6-4-11(5-7-13)17(24)23-19(28)22-16-14(18(25)26)8-12(20)9-15(16)21/h4-10H,3H2,1-2H3,(H,25,26)(H2,22,23,24,28)/t10-/m0/s1. The van der Waals surface area contributed by atoms with Gasteiger partial charge in [-0.3, -0.25) is 10.1 Å². The minimum absolute atomic E-state index is 0.0200. The fourth-order valence-corrected chi connectivity index (χ4v) is 4.36. The lowest BCUT2D eigenvalue weighted by atomic mass is 10.2. The fraction of sp³-hybridized carbons (Fsp3) is 0.211. The minimum atomic E-state index is -1.08. The highest BCUT2D eigenvalue weighted by Gasteiger charge is 2.17. The summed E-state index contributed by atoms with van der Waals surface area (Å²) < 4.78 is 7.17. The monoisotopic (exact) mass is 624 g/mol. The van der Waals surface area contributed by atoms with Crippen molar-refractivity contribution in [2.24, 2.45) is 0 Å². The molecule has 0 bridgehead atoms. The normalized spacial score (nSPS) is 11.4. The number of rotatable bonds is 6. The largest absolute Gasteiger partial charge is 0.491 e. The summed E-state index contributed by atoms with van der Waals surface area (Å²) in [6.07, 6.45) is 0.981. The van der Waals surface area contributed by atoms with Crippen molar-refractivity contribution in [3.05, 3.63) is 54.7 Å². The van der Waals surface area contributed by atoms with E-state index in [0.717, 1.165) is 9.99 Å². The summed E-state index contributed by atoms with van der Waals surface area (Å²) in [5, 5.41) is 14.8. The molecule has 148 valence electrons.